The fraction of sp³-hybridized carbons (Fsp3) is 0.875. The molecule has 0 aliphatic carbocycles. The smallest absolute Gasteiger partial charge is 0.192 e. The van der Waals surface area contributed by atoms with Gasteiger partial charge in [-0.1, -0.05) is 18.7 Å². The molecule has 0 aromatic rings. The van der Waals surface area contributed by atoms with Gasteiger partial charge in [0.2, 0.25) is 0 Å². The van der Waals surface area contributed by atoms with Crippen molar-refractivity contribution in [1.82, 2.24) is 5.32 Å². The summed E-state index contributed by atoms with van der Waals surface area (Å²) in [6.45, 7) is 4.06. The second-order valence-corrected chi connectivity index (χ2v) is 4.04. The Bertz CT molecular complexity index is 132. The molecule has 0 amide bonds. The Kier molecular flexibility index (Phi) is 3.94. The van der Waals surface area contributed by atoms with E-state index < -0.39 is 0 Å². The van der Waals surface area contributed by atoms with E-state index in [2.05, 4.69) is 5.32 Å². The van der Waals surface area contributed by atoms with E-state index in [1.807, 2.05) is 6.92 Å². The zero-order chi connectivity index (χ0) is 8.10. The van der Waals surface area contributed by atoms with Gasteiger partial charge in [-0.3, -0.25) is 4.79 Å². The molecule has 1 N–H and O–H groups in total. The van der Waals surface area contributed by atoms with E-state index in [0.29, 0.717) is 11.0 Å². The summed E-state index contributed by atoms with van der Waals surface area (Å²) in [5.74, 6) is 1.25. The minimum atomic E-state index is 0.334. The van der Waals surface area contributed by atoms with Crippen molar-refractivity contribution < 1.29 is 4.79 Å². The Morgan fingerprint density at radius 3 is 2.73 bits per heavy atom. The summed E-state index contributed by atoms with van der Waals surface area (Å²) in [7, 11) is 0. The molecule has 1 aliphatic heterocycles. The van der Waals surface area contributed by atoms with Gasteiger partial charge in [0.05, 0.1) is 0 Å². The van der Waals surface area contributed by atoms with Crippen molar-refractivity contribution >= 4 is 16.9 Å². The molecule has 0 radical (unpaired) electrons. The van der Waals surface area contributed by atoms with Gasteiger partial charge in [0.15, 0.2) is 5.12 Å². The highest BCUT2D eigenvalue weighted by molar-refractivity contribution is 8.13. The summed E-state index contributed by atoms with van der Waals surface area (Å²) in [5.41, 5.74) is 0. The molecule has 3 heteroatoms. The number of nitrogens with one attached hydrogen (secondary N) is 1. The molecule has 1 rings (SSSR count). The normalized spacial score (nSPS) is 20.1. The Hall–Kier alpha value is -0.0200. The van der Waals surface area contributed by atoms with Crippen molar-refractivity contribution in [2.45, 2.75) is 19.8 Å². The lowest BCUT2D eigenvalue weighted by Crippen LogP contribution is -2.30. The lowest BCUT2D eigenvalue weighted by Gasteiger charge is -2.20. The van der Waals surface area contributed by atoms with Crippen LogP contribution in [0.15, 0.2) is 0 Å². The molecule has 0 unspecified atom stereocenters. The molecule has 0 bridgehead atoms. The first kappa shape index (κ1) is 9.07. The zero-order valence-electron chi connectivity index (χ0n) is 6.93. The summed E-state index contributed by atoms with van der Waals surface area (Å²) in [6, 6.07) is 0. The van der Waals surface area contributed by atoms with Crippen molar-refractivity contribution in [3.63, 3.8) is 0 Å². The third-order valence-electron chi connectivity index (χ3n) is 1.96. The van der Waals surface area contributed by atoms with Crippen LogP contribution in [0.1, 0.15) is 19.8 Å². The molecule has 0 atom stereocenters. The highest BCUT2D eigenvalue weighted by atomic mass is 32.2. The topological polar surface area (TPSA) is 29.1 Å². The van der Waals surface area contributed by atoms with E-state index in [4.69, 9.17) is 0 Å². The summed E-state index contributed by atoms with van der Waals surface area (Å²) in [6.07, 6.45) is 2.07. The SMILES string of the molecule is CCSC(=O)C1CCNCC1. The zero-order valence-corrected chi connectivity index (χ0v) is 7.75. The fourth-order valence-electron chi connectivity index (χ4n) is 1.32. The Morgan fingerprint density at radius 1 is 1.55 bits per heavy atom. The standard InChI is InChI=1S/C8H15NOS/c1-2-11-8(10)7-3-5-9-6-4-7/h7,9H,2-6H2,1H3. The number of carbonyl (C=O) groups is 1. The molecule has 0 aromatic carbocycles. The van der Waals surface area contributed by atoms with Gasteiger partial charge >= 0.3 is 0 Å². The predicted molar refractivity (Wildman–Crippen MR) is 48.7 cm³/mol. The van der Waals surface area contributed by atoms with E-state index in [1.165, 1.54) is 11.8 Å². The van der Waals surface area contributed by atoms with E-state index in [0.717, 1.165) is 31.7 Å². The van der Waals surface area contributed by atoms with Crippen LogP contribution in [0.25, 0.3) is 0 Å². The maximum absolute atomic E-state index is 11.3. The maximum Gasteiger partial charge on any atom is 0.192 e. The van der Waals surface area contributed by atoms with Crippen LogP contribution < -0.4 is 5.32 Å². The Labute approximate surface area is 72.1 Å². The Balaban J connectivity index is 2.27. The van der Waals surface area contributed by atoms with Gasteiger partial charge < -0.3 is 5.32 Å². The Morgan fingerprint density at radius 2 is 2.18 bits per heavy atom. The lowest BCUT2D eigenvalue weighted by molar-refractivity contribution is -0.115. The average molecular weight is 173 g/mol. The van der Waals surface area contributed by atoms with Gasteiger partial charge in [-0.25, -0.2) is 0 Å². The molecular weight excluding hydrogens is 158 g/mol. The summed E-state index contributed by atoms with van der Waals surface area (Å²) < 4.78 is 0. The molecule has 0 spiro atoms. The highest BCUT2D eigenvalue weighted by Gasteiger charge is 2.19. The van der Waals surface area contributed by atoms with Crippen molar-refractivity contribution in [3.8, 4) is 0 Å². The van der Waals surface area contributed by atoms with Gasteiger partial charge in [-0.2, -0.15) is 0 Å². The van der Waals surface area contributed by atoms with Crippen LogP contribution in [0.2, 0.25) is 0 Å². The first-order valence-corrected chi connectivity index (χ1v) is 5.20. The van der Waals surface area contributed by atoms with Crippen molar-refractivity contribution in [1.29, 1.82) is 0 Å². The first-order chi connectivity index (χ1) is 5.34. The quantitative estimate of drug-likeness (QED) is 0.681. The first-order valence-electron chi connectivity index (χ1n) is 4.22. The number of hydrogen-bond acceptors (Lipinski definition) is 3. The lowest BCUT2D eigenvalue weighted by atomic mass is 10.0. The van der Waals surface area contributed by atoms with Crippen LogP contribution in [0.4, 0.5) is 0 Å². The highest BCUT2D eigenvalue weighted by Crippen LogP contribution is 2.19. The fourth-order valence-corrected chi connectivity index (χ4v) is 2.07. The van der Waals surface area contributed by atoms with Crippen LogP contribution in [0.5, 0.6) is 0 Å². The molecule has 2 nitrogen and oxygen atoms in total. The largest absolute Gasteiger partial charge is 0.317 e. The second-order valence-electron chi connectivity index (χ2n) is 2.78. The third-order valence-corrected chi connectivity index (χ3v) is 2.87. The minimum absolute atomic E-state index is 0.334. The van der Waals surface area contributed by atoms with E-state index in [9.17, 15) is 4.79 Å². The molecule has 1 aliphatic rings. The molecule has 1 fully saturated rings. The van der Waals surface area contributed by atoms with Crippen molar-refractivity contribution in [2.75, 3.05) is 18.8 Å². The van der Waals surface area contributed by atoms with Crippen LogP contribution in [-0.4, -0.2) is 24.0 Å². The molecule has 0 saturated carbocycles. The number of thioether (sulfide) groups is 1. The number of hydrogen-bond donors (Lipinski definition) is 1. The summed E-state index contributed by atoms with van der Waals surface area (Å²) in [4.78, 5) is 11.3. The molecule has 1 heterocycles. The monoisotopic (exact) mass is 173 g/mol. The van der Waals surface area contributed by atoms with Gasteiger partial charge in [0.25, 0.3) is 0 Å². The third kappa shape index (κ3) is 2.83. The van der Waals surface area contributed by atoms with Gasteiger partial charge in [0.1, 0.15) is 0 Å². The van der Waals surface area contributed by atoms with Crippen LogP contribution in [0, 0.1) is 5.92 Å². The molecule has 1 saturated heterocycles. The summed E-state index contributed by atoms with van der Waals surface area (Å²) >= 11 is 1.47. The van der Waals surface area contributed by atoms with Crippen LogP contribution in [-0.2, 0) is 4.79 Å². The van der Waals surface area contributed by atoms with Crippen molar-refractivity contribution in [3.05, 3.63) is 0 Å². The van der Waals surface area contributed by atoms with Crippen LogP contribution in [0.3, 0.4) is 0 Å². The molecular formula is C8H15NOS. The van der Waals surface area contributed by atoms with Gasteiger partial charge in [-0.15, -0.1) is 0 Å². The van der Waals surface area contributed by atoms with E-state index in [-0.39, 0.29) is 0 Å². The van der Waals surface area contributed by atoms with Gasteiger partial charge in [-0.05, 0) is 31.7 Å². The van der Waals surface area contributed by atoms with E-state index >= 15 is 0 Å². The number of piperidine rings is 1. The molecule has 0 aromatic heterocycles. The molecule has 64 valence electrons. The number of carbonyl (C=O) groups excluding carboxylic acids is 1. The summed E-state index contributed by atoms with van der Waals surface area (Å²) in [5, 5.41) is 3.65. The van der Waals surface area contributed by atoms with Crippen LogP contribution >= 0.6 is 11.8 Å². The minimum Gasteiger partial charge on any atom is -0.317 e. The van der Waals surface area contributed by atoms with E-state index in [1.54, 1.807) is 0 Å². The van der Waals surface area contributed by atoms with Crippen molar-refractivity contribution in [2.24, 2.45) is 5.92 Å². The predicted octanol–water partition coefficient (Wildman–Crippen LogP) is 1.27. The molecule has 11 heavy (non-hydrogen) atoms. The maximum atomic E-state index is 11.3. The van der Waals surface area contributed by atoms with Gasteiger partial charge in [0, 0.05) is 5.92 Å². The average Bonchev–Trinajstić information content (AvgIpc) is 2.07. The number of rotatable bonds is 2. The second kappa shape index (κ2) is 4.78.